The van der Waals surface area contributed by atoms with Crippen LogP contribution in [0.3, 0.4) is 0 Å². The molecule has 0 spiro atoms. The highest BCUT2D eigenvalue weighted by atomic mass is 16.6. The van der Waals surface area contributed by atoms with Crippen molar-refractivity contribution in [1.82, 2.24) is 0 Å². The molecule has 0 heterocycles. The van der Waals surface area contributed by atoms with Crippen LogP contribution < -0.4 is 9.47 Å². The molecule has 0 aromatic heterocycles. The van der Waals surface area contributed by atoms with Gasteiger partial charge in [0.2, 0.25) is 0 Å². The Labute approximate surface area is 92.8 Å². The van der Waals surface area contributed by atoms with E-state index in [0.29, 0.717) is 11.3 Å². The lowest BCUT2D eigenvalue weighted by Gasteiger charge is -2.10. The van der Waals surface area contributed by atoms with Crippen molar-refractivity contribution in [2.24, 2.45) is 0 Å². The van der Waals surface area contributed by atoms with Crippen LogP contribution in [0.15, 0.2) is 18.2 Å². The molecule has 1 N–H and O–H groups in total. The molecule has 1 unspecified atom stereocenters. The maximum Gasteiger partial charge on any atom is 0.340 e. The van der Waals surface area contributed by atoms with Crippen molar-refractivity contribution >= 4 is 5.97 Å². The number of hydrogen-bond donors (Lipinski definition) is 1. The van der Waals surface area contributed by atoms with Gasteiger partial charge in [0.05, 0.1) is 18.7 Å². The van der Waals surface area contributed by atoms with Crippen molar-refractivity contribution in [3.63, 3.8) is 0 Å². The molecule has 1 aromatic carbocycles. The topological polar surface area (TPSA) is 79.5 Å². The number of carbonyl (C=O) groups is 1. The highest BCUT2D eigenvalue weighted by molar-refractivity contribution is 5.77. The first-order valence-corrected chi connectivity index (χ1v) is 4.56. The van der Waals surface area contributed by atoms with Crippen LogP contribution in [0.1, 0.15) is 12.5 Å². The lowest BCUT2D eigenvalue weighted by Crippen LogP contribution is -2.22. The summed E-state index contributed by atoms with van der Waals surface area (Å²) in [6.07, 6.45) is -1.23. The van der Waals surface area contributed by atoms with Gasteiger partial charge in [-0.1, -0.05) is 0 Å². The molecule has 0 aliphatic carbocycles. The summed E-state index contributed by atoms with van der Waals surface area (Å²) in [4.78, 5) is 11.2. The van der Waals surface area contributed by atoms with Gasteiger partial charge in [-0.3, -0.25) is 0 Å². The standard InChI is InChI=1S/C11H11NO4/c1-7(13)11(14)16-10-5-8(6-12)3-4-9(10)15-2/h3-5,7,13H,1-2H3. The van der Waals surface area contributed by atoms with Crippen LogP contribution in [0, 0.1) is 11.3 Å². The highest BCUT2D eigenvalue weighted by Crippen LogP contribution is 2.28. The van der Waals surface area contributed by atoms with E-state index in [0.717, 1.165) is 0 Å². The first-order chi connectivity index (χ1) is 7.58. The third-order valence-corrected chi connectivity index (χ3v) is 1.84. The molecule has 0 amide bonds. The van der Waals surface area contributed by atoms with Gasteiger partial charge in [0.25, 0.3) is 0 Å². The van der Waals surface area contributed by atoms with E-state index in [9.17, 15) is 4.79 Å². The molecule has 1 aromatic rings. The zero-order chi connectivity index (χ0) is 12.1. The number of nitrogens with zero attached hydrogens (tertiary/aromatic N) is 1. The van der Waals surface area contributed by atoms with Crippen molar-refractivity contribution in [1.29, 1.82) is 5.26 Å². The van der Waals surface area contributed by atoms with Crippen molar-refractivity contribution < 1.29 is 19.4 Å². The minimum Gasteiger partial charge on any atom is -0.493 e. The first-order valence-electron chi connectivity index (χ1n) is 4.56. The van der Waals surface area contributed by atoms with Gasteiger partial charge in [-0.2, -0.15) is 5.26 Å². The van der Waals surface area contributed by atoms with Crippen LogP contribution in [-0.4, -0.2) is 24.3 Å². The Morgan fingerprint density at radius 3 is 2.69 bits per heavy atom. The molecule has 0 saturated heterocycles. The summed E-state index contributed by atoms with van der Waals surface area (Å²) in [5.41, 5.74) is 0.342. The third-order valence-electron chi connectivity index (χ3n) is 1.84. The normalized spacial score (nSPS) is 11.4. The number of aliphatic hydroxyl groups excluding tert-OH is 1. The number of esters is 1. The van der Waals surface area contributed by atoms with E-state index in [2.05, 4.69) is 0 Å². The molecule has 5 heteroatoms. The fourth-order valence-electron chi connectivity index (χ4n) is 1.02. The number of nitriles is 1. The van der Waals surface area contributed by atoms with Crippen LogP contribution >= 0.6 is 0 Å². The summed E-state index contributed by atoms with van der Waals surface area (Å²) in [7, 11) is 1.42. The summed E-state index contributed by atoms with van der Waals surface area (Å²) in [6, 6.07) is 6.34. The zero-order valence-corrected chi connectivity index (χ0v) is 8.93. The third kappa shape index (κ3) is 2.72. The van der Waals surface area contributed by atoms with E-state index in [1.807, 2.05) is 6.07 Å². The second kappa shape index (κ2) is 5.14. The molecule has 0 radical (unpaired) electrons. The molecule has 0 aliphatic heterocycles. The number of rotatable bonds is 3. The maximum atomic E-state index is 11.2. The summed E-state index contributed by atoms with van der Waals surface area (Å²) in [5, 5.41) is 17.7. The minimum absolute atomic E-state index is 0.118. The Bertz CT molecular complexity index is 434. The molecule has 5 nitrogen and oxygen atoms in total. The van der Waals surface area contributed by atoms with Crippen LogP contribution in [0.2, 0.25) is 0 Å². The fraction of sp³-hybridized carbons (Fsp3) is 0.273. The van der Waals surface area contributed by atoms with Crippen LogP contribution in [0.5, 0.6) is 11.5 Å². The molecule has 1 rings (SSSR count). The van der Waals surface area contributed by atoms with Gasteiger partial charge in [-0.25, -0.2) is 4.79 Å². The van der Waals surface area contributed by atoms with Crippen LogP contribution in [-0.2, 0) is 4.79 Å². The number of ether oxygens (including phenoxy) is 2. The van der Waals surface area contributed by atoms with Gasteiger partial charge in [-0.05, 0) is 19.1 Å². The molecule has 84 valence electrons. The Balaban J connectivity index is 3.01. The smallest absolute Gasteiger partial charge is 0.340 e. The van der Waals surface area contributed by atoms with Gasteiger partial charge in [0, 0.05) is 6.07 Å². The number of carbonyl (C=O) groups excluding carboxylic acids is 1. The number of hydrogen-bond acceptors (Lipinski definition) is 5. The molecule has 0 fully saturated rings. The predicted molar refractivity (Wildman–Crippen MR) is 55.0 cm³/mol. The van der Waals surface area contributed by atoms with Gasteiger partial charge in [-0.15, -0.1) is 0 Å². The second-order valence-corrected chi connectivity index (χ2v) is 3.07. The minimum atomic E-state index is -1.23. The first kappa shape index (κ1) is 12.0. The Morgan fingerprint density at radius 2 is 2.19 bits per heavy atom. The van der Waals surface area contributed by atoms with E-state index >= 15 is 0 Å². The molecular formula is C11H11NO4. The lowest BCUT2D eigenvalue weighted by atomic mass is 10.2. The predicted octanol–water partition coefficient (Wildman–Crippen LogP) is 0.853. The molecule has 0 aliphatic rings. The molecule has 16 heavy (non-hydrogen) atoms. The van der Waals surface area contributed by atoms with E-state index < -0.39 is 12.1 Å². The SMILES string of the molecule is COc1ccc(C#N)cc1OC(=O)C(C)O. The van der Waals surface area contributed by atoms with E-state index in [1.165, 1.54) is 26.2 Å². The summed E-state index contributed by atoms with van der Waals surface area (Å²) in [6.45, 7) is 1.29. The van der Waals surface area contributed by atoms with Gasteiger partial charge >= 0.3 is 5.97 Å². The van der Waals surface area contributed by atoms with E-state index in [-0.39, 0.29) is 5.75 Å². The van der Waals surface area contributed by atoms with Crippen molar-refractivity contribution in [3.05, 3.63) is 23.8 Å². The lowest BCUT2D eigenvalue weighted by molar-refractivity contribution is -0.142. The van der Waals surface area contributed by atoms with Gasteiger partial charge in [0.1, 0.15) is 6.10 Å². The number of benzene rings is 1. The molecular weight excluding hydrogens is 210 g/mol. The number of methoxy groups -OCH3 is 1. The molecule has 0 bridgehead atoms. The summed E-state index contributed by atoms with van der Waals surface area (Å²) in [5.74, 6) is -0.353. The Morgan fingerprint density at radius 1 is 1.50 bits per heavy atom. The summed E-state index contributed by atoms with van der Waals surface area (Å²) < 4.78 is 9.83. The molecule has 0 saturated carbocycles. The molecule has 1 atom stereocenters. The monoisotopic (exact) mass is 221 g/mol. The van der Waals surface area contributed by atoms with Crippen molar-refractivity contribution in [3.8, 4) is 17.6 Å². The average molecular weight is 221 g/mol. The Hall–Kier alpha value is -2.06. The Kier molecular flexibility index (Phi) is 3.86. The largest absolute Gasteiger partial charge is 0.493 e. The van der Waals surface area contributed by atoms with E-state index in [1.54, 1.807) is 6.07 Å². The van der Waals surface area contributed by atoms with Crippen LogP contribution in [0.4, 0.5) is 0 Å². The second-order valence-electron chi connectivity index (χ2n) is 3.07. The highest BCUT2D eigenvalue weighted by Gasteiger charge is 2.15. The van der Waals surface area contributed by atoms with E-state index in [4.69, 9.17) is 19.8 Å². The fourth-order valence-corrected chi connectivity index (χ4v) is 1.02. The quantitative estimate of drug-likeness (QED) is 0.604. The zero-order valence-electron chi connectivity index (χ0n) is 8.93. The summed E-state index contributed by atoms with van der Waals surface area (Å²) >= 11 is 0. The van der Waals surface area contributed by atoms with Gasteiger partial charge in [0.15, 0.2) is 11.5 Å². The van der Waals surface area contributed by atoms with Crippen LogP contribution in [0.25, 0.3) is 0 Å². The number of aliphatic hydroxyl groups is 1. The van der Waals surface area contributed by atoms with Crippen molar-refractivity contribution in [2.45, 2.75) is 13.0 Å². The average Bonchev–Trinajstić information content (AvgIpc) is 2.28. The van der Waals surface area contributed by atoms with Crippen molar-refractivity contribution in [2.75, 3.05) is 7.11 Å². The van der Waals surface area contributed by atoms with Gasteiger partial charge < -0.3 is 14.6 Å². The maximum absolute atomic E-state index is 11.2.